The van der Waals surface area contributed by atoms with Crippen LogP contribution in [0.3, 0.4) is 0 Å². The molecule has 2 aromatic rings. The number of pyridine rings is 1. The number of hydrogen-bond acceptors (Lipinski definition) is 4. The molecule has 0 spiro atoms. The second-order valence-corrected chi connectivity index (χ2v) is 5.98. The molecule has 0 bridgehead atoms. The summed E-state index contributed by atoms with van der Waals surface area (Å²) >= 11 is 0. The number of hydrogen-bond donors (Lipinski definition) is 3. The van der Waals surface area contributed by atoms with E-state index in [0.29, 0.717) is 6.04 Å². The molecule has 0 saturated carbocycles. The van der Waals surface area contributed by atoms with Gasteiger partial charge in [0.15, 0.2) is 0 Å². The van der Waals surface area contributed by atoms with Crippen LogP contribution in [0.5, 0.6) is 11.5 Å². The van der Waals surface area contributed by atoms with Crippen molar-refractivity contribution in [1.29, 1.82) is 0 Å². The summed E-state index contributed by atoms with van der Waals surface area (Å²) in [6.07, 6.45) is 7.28. The van der Waals surface area contributed by atoms with Crippen molar-refractivity contribution in [2.24, 2.45) is 0 Å². The van der Waals surface area contributed by atoms with Gasteiger partial charge in [0.05, 0.1) is 11.9 Å². The van der Waals surface area contributed by atoms with Gasteiger partial charge in [-0.25, -0.2) is 0 Å². The SMILES string of the molecule is Oc1ccc(-c2cc(O)cc(CC[C@@H]3CCCCN3)c2)nc1. The summed E-state index contributed by atoms with van der Waals surface area (Å²) in [6.45, 7) is 1.12. The molecule has 3 N–H and O–H groups in total. The Labute approximate surface area is 130 Å². The van der Waals surface area contributed by atoms with Crippen LogP contribution in [0, 0.1) is 0 Å². The first-order valence-corrected chi connectivity index (χ1v) is 7.92. The van der Waals surface area contributed by atoms with Gasteiger partial charge in [-0.1, -0.05) is 6.42 Å². The lowest BCUT2D eigenvalue weighted by Gasteiger charge is -2.23. The smallest absolute Gasteiger partial charge is 0.133 e. The first kappa shape index (κ1) is 14.9. The maximum atomic E-state index is 9.95. The molecule has 1 atom stereocenters. The number of phenols is 1. The highest BCUT2D eigenvalue weighted by molar-refractivity contribution is 5.62. The molecule has 116 valence electrons. The number of aryl methyl sites for hydroxylation is 1. The molecule has 1 aliphatic heterocycles. The monoisotopic (exact) mass is 298 g/mol. The van der Waals surface area contributed by atoms with Crippen molar-refractivity contribution in [3.05, 3.63) is 42.1 Å². The zero-order valence-corrected chi connectivity index (χ0v) is 12.6. The van der Waals surface area contributed by atoms with Crippen LogP contribution in [0.4, 0.5) is 0 Å². The summed E-state index contributed by atoms with van der Waals surface area (Å²) in [5.41, 5.74) is 2.76. The lowest BCUT2D eigenvalue weighted by Crippen LogP contribution is -2.34. The van der Waals surface area contributed by atoms with Gasteiger partial charge in [0.25, 0.3) is 0 Å². The van der Waals surface area contributed by atoms with Gasteiger partial charge in [-0.3, -0.25) is 4.98 Å². The lowest BCUT2D eigenvalue weighted by atomic mass is 9.96. The van der Waals surface area contributed by atoms with Crippen LogP contribution in [0.2, 0.25) is 0 Å². The van der Waals surface area contributed by atoms with E-state index in [4.69, 9.17) is 0 Å². The van der Waals surface area contributed by atoms with Gasteiger partial charge in [0.1, 0.15) is 11.5 Å². The van der Waals surface area contributed by atoms with Gasteiger partial charge in [-0.15, -0.1) is 0 Å². The van der Waals surface area contributed by atoms with Crippen LogP contribution in [-0.2, 0) is 6.42 Å². The molecule has 0 unspecified atom stereocenters. The molecule has 1 aliphatic rings. The zero-order valence-electron chi connectivity index (χ0n) is 12.6. The molecular formula is C18H22N2O2. The van der Waals surface area contributed by atoms with Crippen molar-refractivity contribution < 1.29 is 10.2 Å². The van der Waals surface area contributed by atoms with E-state index < -0.39 is 0 Å². The van der Waals surface area contributed by atoms with Crippen molar-refractivity contribution in [3.8, 4) is 22.8 Å². The zero-order chi connectivity index (χ0) is 15.4. The highest BCUT2D eigenvalue weighted by atomic mass is 16.3. The molecule has 4 nitrogen and oxygen atoms in total. The fourth-order valence-electron chi connectivity index (χ4n) is 3.03. The summed E-state index contributed by atoms with van der Waals surface area (Å²) in [4.78, 5) is 4.21. The van der Waals surface area contributed by atoms with Gasteiger partial charge >= 0.3 is 0 Å². The molecule has 1 saturated heterocycles. The Morgan fingerprint density at radius 3 is 2.73 bits per heavy atom. The number of nitrogens with zero attached hydrogens (tertiary/aromatic N) is 1. The fourth-order valence-corrected chi connectivity index (χ4v) is 3.03. The van der Waals surface area contributed by atoms with Crippen LogP contribution in [-0.4, -0.2) is 27.8 Å². The van der Waals surface area contributed by atoms with E-state index in [-0.39, 0.29) is 11.5 Å². The molecule has 22 heavy (non-hydrogen) atoms. The molecule has 2 heterocycles. The third-order valence-electron chi connectivity index (χ3n) is 4.22. The first-order valence-electron chi connectivity index (χ1n) is 7.92. The standard InChI is InChI=1S/C18H22N2O2/c21-16-6-7-18(20-12-16)14-9-13(10-17(22)11-14)4-5-15-3-1-2-8-19-15/h6-7,9-12,15,19,21-22H,1-5,8H2/t15-/m0/s1. The van der Waals surface area contributed by atoms with Gasteiger partial charge in [0, 0.05) is 11.6 Å². The summed E-state index contributed by atoms with van der Waals surface area (Å²) in [7, 11) is 0. The topological polar surface area (TPSA) is 65.4 Å². The van der Waals surface area contributed by atoms with E-state index in [0.717, 1.165) is 36.2 Å². The van der Waals surface area contributed by atoms with Crippen LogP contribution in [0.25, 0.3) is 11.3 Å². The number of nitrogens with one attached hydrogen (secondary N) is 1. The largest absolute Gasteiger partial charge is 0.508 e. The van der Waals surface area contributed by atoms with Crippen molar-refractivity contribution in [2.45, 2.75) is 38.1 Å². The highest BCUT2D eigenvalue weighted by Gasteiger charge is 2.13. The average Bonchev–Trinajstić information content (AvgIpc) is 2.54. The Hall–Kier alpha value is -2.07. The summed E-state index contributed by atoms with van der Waals surface area (Å²) in [5, 5.41) is 22.8. The van der Waals surface area contributed by atoms with Crippen LogP contribution < -0.4 is 5.32 Å². The number of aromatic nitrogens is 1. The van der Waals surface area contributed by atoms with Crippen LogP contribution in [0.15, 0.2) is 36.5 Å². The van der Waals surface area contributed by atoms with Crippen molar-refractivity contribution in [2.75, 3.05) is 6.54 Å². The molecule has 0 radical (unpaired) electrons. The van der Waals surface area contributed by atoms with E-state index in [1.54, 1.807) is 18.2 Å². The number of benzene rings is 1. The third kappa shape index (κ3) is 3.77. The molecule has 0 aliphatic carbocycles. The Kier molecular flexibility index (Phi) is 4.59. The predicted octanol–water partition coefficient (Wildman–Crippen LogP) is 3.23. The molecule has 0 amide bonds. The summed E-state index contributed by atoms with van der Waals surface area (Å²) in [6, 6.07) is 9.57. The molecule has 1 fully saturated rings. The minimum absolute atomic E-state index is 0.146. The second kappa shape index (κ2) is 6.79. The number of piperidine rings is 1. The average molecular weight is 298 g/mol. The quantitative estimate of drug-likeness (QED) is 0.811. The predicted molar refractivity (Wildman–Crippen MR) is 87.0 cm³/mol. The molecule has 4 heteroatoms. The Bertz CT molecular complexity index is 619. The Balaban J connectivity index is 1.73. The molecule has 1 aromatic heterocycles. The first-order chi connectivity index (χ1) is 10.7. The van der Waals surface area contributed by atoms with E-state index in [1.807, 2.05) is 6.07 Å². The van der Waals surface area contributed by atoms with E-state index in [2.05, 4.69) is 16.4 Å². The Morgan fingerprint density at radius 1 is 1.09 bits per heavy atom. The molecule has 3 rings (SSSR count). The van der Waals surface area contributed by atoms with Gasteiger partial charge < -0.3 is 15.5 Å². The normalized spacial score (nSPS) is 18.3. The lowest BCUT2D eigenvalue weighted by molar-refractivity contribution is 0.382. The van der Waals surface area contributed by atoms with Gasteiger partial charge in [-0.05, 0) is 68.1 Å². The van der Waals surface area contributed by atoms with E-state index >= 15 is 0 Å². The van der Waals surface area contributed by atoms with E-state index in [1.165, 1.54) is 25.5 Å². The fraction of sp³-hybridized carbons (Fsp3) is 0.389. The van der Waals surface area contributed by atoms with Crippen molar-refractivity contribution in [3.63, 3.8) is 0 Å². The minimum atomic E-state index is 0.146. The van der Waals surface area contributed by atoms with Crippen LogP contribution >= 0.6 is 0 Å². The number of aromatic hydroxyl groups is 2. The molecular weight excluding hydrogens is 276 g/mol. The number of rotatable bonds is 4. The van der Waals surface area contributed by atoms with Gasteiger partial charge in [-0.2, -0.15) is 0 Å². The maximum absolute atomic E-state index is 9.95. The number of phenolic OH excluding ortho intramolecular Hbond substituents is 1. The second-order valence-electron chi connectivity index (χ2n) is 5.98. The minimum Gasteiger partial charge on any atom is -0.508 e. The maximum Gasteiger partial charge on any atom is 0.133 e. The summed E-state index contributed by atoms with van der Waals surface area (Å²) < 4.78 is 0. The van der Waals surface area contributed by atoms with Crippen LogP contribution in [0.1, 0.15) is 31.2 Å². The summed E-state index contributed by atoms with van der Waals surface area (Å²) in [5.74, 6) is 0.409. The van der Waals surface area contributed by atoms with Gasteiger partial charge in [0.2, 0.25) is 0 Å². The van der Waals surface area contributed by atoms with Crippen molar-refractivity contribution in [1.82, 2.24) is 10.3 Å². The Morgan fingerprint density at radius 2 is 2.00 bits per heavy atom. The molecule has 1 aromatic carbocycles. The van der Waals surface area contributed by atoms with Crippen molar-refractivity contribution >= 4 is 0 Å². The highest BCUT2D eigenvalue weighted by Crippen LogP contribution is 2.26. The third-order valence-corrected chi connectivity index (χ3v) is 4.22. The van der Waals surface area contributed by atoms with E-state index in [9.17, 15) is 10.2 Å².